The molecule has 0 aliphatic heterocycles. The topological polar surface area (TPSA) is 126 Å². The Morgan fingerprint density at radius 3 is 2.66 bits per heavy atom. The van der Waals surface area contributed by atoms with Crippen molar-refractivity contribution in [2.75, 3.05) is 22.6 Å². The summed E-state index contributed by atoms with van der Waals surface area (Å²) < 4.78 is 24.1. The van der Waals surface area contributed by atoms with Crippen molar-refractivity contribution in [3.63, 3.8) is 0 Å². The molecule has 2 aromatic carbocycles. The monoisotopic (exact) mass is 428 g/mol. The highest BCUT2D eigenvalue weighted by atomic mass is 35.5. The maximum atomic E-state index is 12.0. The minimum atomic E-state index is -3.45. The molecule has 148 valence electrons. The van der Waals surface area contributed by atoms with E-state index in [2.05, 4.69) is 25.6 Å². The van der Waals surface area contributed by atoms with E-state index in [0.29, 0.717) is 5.69 Å². The third kappa shape index (κ3) is 3.96. The molecule has 0 saturated heterocycles. The van der Waals surface area contributed by atoms with Crippen molar-refractivity contribution < 1.29 is 8.42 Å². The van der Waals surface area contributed by atoms with Crippen LogP contribution in [-0.2, 0) is 9.84 Å². The molecule has 2 aromatic heterocycles. The Morgan fingerprint density at radius 2 is 1.86 bits per heavy atom. The number of hydrogen-bond acceptors (Lipinski definition) is 7. The van der Waals surface area contributed by atoms with Crippen molar-refractivity contribution in [3.8, 4) is 0 Å². The maximum Gasteiger partial charge on any atom is 0.231 e. The first-order valence-electron chi connectivity index (χ1n) is 8.54. The molecule has 0 amide bonds. The number of anilines is 5. The maximum absolute atomic E-state index is 12.0. The van der Waals surface area contributed by atoms with Gasteiger partial charge in [0.2, 0.25) is 5.95 Å². The van der Waals surface area contributed by atoms with Crippen molar-refractivity contribution in [3.05, 3.63) is 59.8 Å². The smallest absolute Gasteiger partial charge is 0.231 e. The first-order chi connectivity index (χ1) is 13.8. The molecule has 4 rings (SSSR count). The van der Waals surface area contributed by atoms with Crippen LogP contribution in [0.3, 0.4) is 0 Å². The van der Waals surface area contributed by atoms with Gasteiger partial charge in [-0.15, -0.1) is 0 Å². The van der Waals surface area contributed by atoms with Crippen LogP contribution in [0.25, 0.3) is 10.9 Å². The molecule has 10 heteroatoms. The average molecular weight is 429 g/mol. The summed E-state index contributed by atoms with van der Waals surface area (Å²) in [5.41, 5.74) is 7.99. The van der Waals surface area contributed by atoms with Crippen molar-refractivity contribution in [2.24, 2.45) is 0 Å². The molecule has 5 N–H and O–H groups in total. The van der Waals surface area contributed by atoms with Gasteiger partial charge in [0.15, 0.2) is 15.7 Å². The lowest BCUT2D eigenvalue weighted by Gasteiger charge is -2.14. The second kappa shape index (κ2) is 7.26. The van der Waals surface area contributed by atoms with Gasteiger partial charge in [-0.2, -0.15) is 9.97 Å². The summed E-state index contributed by atoms with van der Waals surface area (Å²) in [5, 5.41) is 7.21. The Kier molecular flexibility index (Phi) is 4.77. The van der Waals surface area contributed by atoms with Gasteiger partial charge < -0.3 is 21.4 Å². The van der Waals surface area contributed by atoms with Crippen LogP contribution in [-0.4, -0.2) is 29.6 Å². The predicted molar refractivity (Wildman–Crippen MR) is 116 cm³/mol. The van der Waals surface area contributed by atoms with Crippen molar-refractivity contribution in [1.29, 1.82) is 0 Å². The first-order valence-corrected chi connectivity index (χ1v) is 10.8. The molecule has 0 spiro atoms. The average Bonchev–Trinajstić information content (AvgIpc) is 3.13. The molecule has 0 bridgehead atoms. The second-order valence-corrected chi connectivity index (χ2v) is 8.76. The molecule has 0 radical (unpaired) electrons. The Balaban J connectivity index is 1.69. The number of hydrogen-bond donors (Lipinski definition) is 4. The third-order valence-electron chi connectivity index (χ3n) is 4.23. The van der Waals surface area contributed by atoms with Crippen LogP contribution in [0.4, 0.5) is 29.0 Å². The van der Waals surface area contributed by atoms with E-state index < -0.39 is 9.84 Å². The zero-order valence-corrected chi connectivity index (χ0v) is 16.8. The standard InChI is InChI=1S/C19H17ClN6O2S/c1-29(27,28)15-5-3-2-4-13(15)24-18-16(20)17(21)25-19(26-18)23-12-7-6-11-8-9-22-14(11)10-12/h2-10,22H,1H3,(H4,21,23,24,25,26). The summed E-state index contributed by atoms with van der Waals surface area (Å²) >= 11 is 6.25. The zero-order valence-electron chi connectivity index (χ0n) is 15.3. The van der Waals surface area contributed by atoms with E-state index in [1.807, 2.05) is 30.5 Å². The number of para-hydroxylation sites is 1. The van der Waals surface area contributed by atoms with Gasteiger partial charge in [-0.05, 0) is 35.7 Å². The fraction of sp³-hybridized carbons (Fsp3) is 0.0526. The molecular weight excluding hydrogens is 412 g/mol. The van der Waals surface area contributed by atoms with Gasteiger partial charge in [-0.25, -0.2) is 8.42 Å². The van der Waals surface area contributed by atoms with E-state index in [4.69, 9.17) is 17.3 Å². The first kappa shape index (κ1) is 19.0. The number of H-pyrrole nitrogens is 1. The van der Waals surface area contributed by atoms with Crippen LogP contribution in [0.2, 0.25) is 5.02 Å². The van der Waals surface area contributed by atoms with Crippen LogP contribution in [0, 0.1) is 0 Å². The highest BCUT2D eigenvalue weighted by Crippen LogP contribution is 2.32. The minimum absolute atomic E-state index is 0.0597. The Hall–Kier alpha value is -3.30. The molecular formula is C19H17ClN6O2S. The summed E-state index contributed by atoms with van der Waals surface area (Å²) in [5.74, 6) is 0.473. The number of nitrogens with one attached hydrogen (secondary N) is 3. The summed E-state index contributed by atoms with van der Waals surface area (Å²) in [6.07, 6.45) is 2.99. The minimum Gasteiger partial charge on any atom is -0.382 e. The Bertz CT molecular complexity index is 1320. The summed E-state index contributed by atoms with van der Waals surface area (Å²) in [4.78, 5) is 11.8. The third-order valence-corrected chi connectivity index (χ3v) is 5.76. The van der Waals surface area contributed by atoms with Crippen LogP contribution in [0.5, 0.6) is 0 Å². The molecule has 2 heterocycles. The lowest BCUT2D eigenvalue weighted by Crippen LogP contribution is -2.07. The van der Waals surface area contributed by atoms with E-state index >= 15 is 0 Å². The number of rotatable bonds is 5. The van der Waals surface area contributed by atoms with E-state index in [0.717, 1.165) is 22.8 Å². The van der Waals surface area contributed by atoms with Crippen LogP contribution < -0.4 is 16.4 Å². The van der Waals surface area contributed by atoms with Crippen molar-refractivity contribution >= 4 is 61.3 Å². The highest BCUT2D eigenvalue weighted by Gasteiger charge is 2.16. The number of aromatic amines is 1. The van der Waals surface area contributed by atoms with Gasteiger partial charge in [0, 0.05) is 23.7 Å². The number of aromatic nitrogens is 3. The van der Waals surface area contributed by atoms with Crippen LogP contribution in [0.15, 0.2) is 59.6 Å². The van der Waals surface area contributed by atoms with Crippen LogP contribution >= 0.6 is 11.6 Å². The van der Waals surface area contributed by atoms with Crippen molar-refractivity contribution in [1.82, 2.24) is 15.0 Å². The lowest BCUT2D eigenvalue weighted by molar-refractivity contribution is 0.602. The quantitative estimate of drug-likeness (QED) is 0.377. The molecule has 0 aliphatic carbocycles. The highest BCUT2D eigenvalue weighted by molar-refractivity contribution is 7.90. The van der Waals surface area contributed by atoms with E-state index in [9.17, 15) is 8.42 Å². The second-order valence-electron chi connectivity index (χ2n) is 6.39. The van der Waals surface area contributed by atoms with Gasteiger partial charge in [0.05, 0.1) is 10.6 Å². The molecule has 8 nitrogen and oxygen atoms in total. The summed E-state index contributed by atoms with van der Waals surface area (Å²) in [6, 6.07) is 14.2. The molecule has 29 heavy (non-hydrogen) atoms. The number of benzene rings is 2. The van der Waals surface area contributed by atoms with E-state index in [-0.39, 0.29) is 27.5 Å². The Morgan fingerprint density at radius 1 is 1.07 bits per heavy atom. The number of nitrogen functional groups attached to an aromatic ring is 1. The van der Waals surface area contributed by atoms with Gasteiger partial charge >= 0.3 is 0 Å². The van der Waals surface area contributed by atoms with Gasteiger partial charge in [0.1, 0.15) is 10.8 Å². The van der Waals surface area contributed by atoms with Crippen molar-refractivity contribution in [2.45, 2.75) is 4.90 Å². The van der Waals surface area contributed by atoms with Gasteiger partial charge in [-0.3, -0.25) is 0 Å². The number of fused-ring (bicyclic) bond motifs is 1. The lowest BCUT2D eigenvalue weighted by atomic mass is 10.2. The largest absolute Gasteiger partial charge is 0.382 e. The SMILES string of the molecule is CS(=O)(=O)c1ccccc1Nc1nc(Nc2ccc3cc[nH]c3c2)nc(N)c1Cl. The fourth-order valence-electron chi connectivity index (χ4n) is 2.88. The van der Waals surface area contributed by atoms with E-state index in [1.165, 1.54) is 6.07 Å². The van der Waals surface area contributed by atoms with E-state index in [1.54, 1.807) is 18.2 Å². The molecule has 0 atom stereocenters. The molecule has 0 saturated carbocycles. The molecule has 0 aliphatic rings. The summed E-state index contributed by atoms with van der Waals surface area (Å²) in [6.45, 7) is 0. The van der Waals surface area contributed by atoms with Gasteiger partial charge in [0.25, 0.3) is 0 Å². The number of nitrogens with zero attached hydrogens (tertiary/aromatic N) is 2. The normalized spacial score (nSPS) is 11.5. The summed E-state index contributed by atoms with van der Waals surface area (Å²) in [7, 11) is -3.45. The number of halogens is 1. The van der Waals surface area contributed by atoms with Crippen LogP contribution in [0.1, 0.15) is 0 Å². The fourth-order valence-corrected chi connectivity index (χ4v) is 3.85. The molecule has 0 unspecified atom stereocenters. The zero-order chi connectivity index (χ0) is 20.6. The Labute approximate surface area is 172 Å². The molecule has 4 aromatic rings. The number of nitrogens with two attached hydrogens (primary N) is 1. The predicted octanol–water partition coefficient (Wildman–Crippen LogP) is 4.08. The van der Waals surface area contributed by atoms with Gasteiger partial charge in [-0.1, -0.05) is 29.8 Å². The number of sulfone groups is 1. The molecule has 0 fully saturated rings.